The van der Waals surface area contributed by atoms with Crippen LogP contribution in [-0.4, -0.2) is 55.4 Å². The van der Waals surface area contributed by atoms with Crippen molar-refractivity contribution in [1.29, 1.82) is 0 Å². The average Bonchev–Trinajstić information content (AvgIpc) is 3.05. The number of carbonyl (C=O) groups is 1. The first-order chi connectivity index (χ1) is 17.8. The van der Waals surface area contributed by atoms with E-state index in [9.17, 15) is 30.7 Å². The number of hydrogen-bond acceptors (Lipinski definition) is 7. The molecule has 4 N–H and O–H groups in total. The predicted octanol–water partition coefficient (Wildman–Crippen LogP) is 4.32. The van der Waals surface area contributed by atoms with Gasteiger partial charge >= 0.3 is 5.97 Å². The van der Waals surface area contributed by atoms with Crippen LogP contribution in [0.5, 0.6) is 0 Å². The number of carboxylic acids is 1. The van der Waals surface area contributed by atoms with Crippen molar-refractivity contribution in [1.82, 2.24) is 0 Å². The molecule has 0 saturated carbocycles. The second-order valence-electron chi connectivity index (χ2n) is 9.67. The number of rotatable bonds is 14. The zero-order valence-corrected chi connectivity index (χ0v) is 22.8. The van der Waals surface area contributed by atoms with Crippen LogP contribution in [0.3, 0.4) is 0 Å². The van der Waals surface area contributed by atoms with Crippen molar-refractivity contribution in [3.05, 3.63) is 66.4 Å². The first-order valence-electron chi connectivity index (χ1n) is 12.4. The third-order valence-electron chi connectivity index (χ3n) is 6.87. The van der Waals surface area contributed by atoms with Crippen LogP contribution in [0.25, 0.3) is 0 Å². The summed E-state index contributed by atoms with van der Waals surface area (Å²) in [4.78, 5) is 12.7. The van der Waals surface area contributed by atoms with E-state index in [1.54, 1.807) is 12.3 Å². The molecular weight excluding hydrogens is 532 g/mol. The van der Waals surface area contributed by atoms with Gasteiger partial charge in [0.2, 0.25) is 0 Å². The van der Waals surface area contributed by atoms with Crippen molar-refractivity contribution >= 4 is 37.6 Å². The van der Waals surface area contributed by atoms with Gasteiger partial charge in [0.05, 0.1) is 16.7 Å². The highest BCUT2D eigenvalue weighted by Crippen LogP contribution is 2.49. The minimum absolute atomic E-state index is 0.0754. The molecular formula is C26H34N2O8S2. The van der Waals surface area contributed by atoms with Gasteiger partial charge in [-0.2, -0.15) is 16.8 Å². The van der Waals surface area contributed by atoms with Crippen molar-refractivity contribution in [2.75, 3.05) is 22.5 Å². The molecule has 0 bridgehead atoms. The highest BCUT2D eigenvalue weighted by atomic mass is 32.2. The van der Waals surface area contributed by atoms with E-state index in [1.807, 2.05) is 43.3 Å². The molecule has 1 aliphatic rings. The lowest BCUT2D eigenvalue weighted by molar-refractivity contribution is -0.137. The highest BCUT2D eigenvalue weighted by molar-refractivity contribution is 7.86. The van der Waals surface area contributed by atoms with Crippen LogP contribution in [0.4, 0.5) is 11.4 Å². The molecule has 3 rings (SSSR count). The third-order valence-corrected chi connectivity index (χ3v) is 8.52. The van der Waals surface area contributed by atoms with Crippen LogP contribution in [0, 0.1) is 0 Å². The van der Waals surface area contributed by atoms with Gasteiger partial charge < -0.3 is 15.3 Å². The van der Waals surface area contributed by atoms with Crippen molar-refractivity contribution in [2.45, 2.75) is 61.8 Å². The van der Waals surface area contributed by atoms with Crippen molar-refractivity contribution in [3.63, 3.8) is 0 Å². The van der Waals surface area contributed by atoms with Crippen LogP contribution in [0.1, 0.15) is 51.0 Å². The Kier molecular flexibility index (Phi) is 9.58. The zero-order valence-electron chi connectivity index (χ0n) is 21.2. The van der Waals surface area contributed by atoms with Crippen LogP contribution in [-0.2, 0) is 30.4 Å². The fraction of sp³-hybridized carbons (Fsp3) is 0.423. The Bertz CT molecular complexity index is 1360. The smallest absolute Gasteiger partial charge is 0.303 e. The Hall–Kier alpha value is -2.93. The first kappa shape index (κ1) is 29.6. The summed E-state index contributed by atoms with van der Waals surface area (Å²) in [6.45, 7) is 2.46. The van der Waals surface area contributed by atoms with Crippen LogP contribution in [0.2, 0.25) is 0 Å². The average molecular weight is 567 g/mol. The Labute approximate surface area is 223 Å². The summed E-state index contributed by atoms with van der Waals surface area (Å²) in [6, 6.07) is 13.5. The summed E-state index contributed by atoms with van der Waals surface area (Å²) in [5, 5.41) is 12.1. The summed E-state index contributed by atoms with van der Waals surface area (Å²) >= 11 is 0. The molecule has 2 unspecified atom stereocenters. The number of unbranched alkanes of at least 4 members (excludes halogenated alkanes) is 2. The van der Waals surface area contributed by atoms with Gasteiger partial charge in [-0.25, -0.2) is 0 Å². The normalized spacial score (nSPS) is 19.6. The minimum Gasteiger partial charge on any atom is -0.481 e. The second kappa shape index (κ2) is 12.3. The number of anilines is 2. The summed E-state index contributed by atoms with van der Waals surface area (Å²) in [7, 11) is -8.67. The van der Waals surface area contributed by atoms with Gasteiger partial charge in [-0.05, 0) is 73.9 Å². The standard InChI is InChI=1S/C26H34N2O8S2/c1-26(15-8-18-37(31,32)33)22-19-21(38(34,35)36)12-13-23(22)28(17-7-3-6-11-25(29)30)24(26)14-16-27-20-9-4-2-5-10-20/h2,4-5,9-10,12-14,16,19,24,27H,3,6-8,11,15,17-18H2,1H3,(H,29,30)(H,31,32,33)(H,34,35,36)/b16-14+. The number of hydrogen-bond donors (Lipinski definition) is 4. The highest BCUT2D eigenvalue weighted by Gasteiger charge is 2.46. The monoisotopic (exact) mass is 566 g/mol. The summed E-state index contributed by atoms with van der Waals surface area (Å²) in [5.41, 5.74) is 1.49. The molecule has 0 radical (unpaired) electrons. The number of nitrogens with one attached hydrogen (secondary N) is 1. The number of aliphatic carboxylic acids is 1. The van der Waals surface area contributed by atoms with E-state index < -0.39 is 37.4 Å². The number of benzene rings is 2. The maximum atomic E-state index is 11.9. The lowest BCUT2D eigenvalue weighted by Crippen LogP contribution is -2.42. The Morgan fingerprint density at radius 3 is 2.37 bits per heavy atom. The van der Waals surface area contributed by atoms with Crippen LogP contribution < -0.4 is 10.2 Å². The molecule has 0 aromatic heterocycles. The molecule has 1 aliphatic heterocycles. The minimum atomic E-state index is -4.48. The Morgan fingerprint density at radius 2 is 1.74 bits per heavy atom. The molecule has 0 amide bonds. The Balaban J connectivity index is 1.99. The zero-order chi connectivity index (χ0) is 28.0. The summed E-state index contributed by atoms with van der Waals surface area (Å²) < 4.78 is 65.7. The molecule has 0 spiro atoms. The lowest BCUT2D eigenvalue weighted by atomic mass is 9.75. The largest absolute Gasteiger partial charge is 0.481 e. The van der Waals surface area contributed by atoms with Gasteiger partial charge in [0.15, 0.2) is 0 Å². The molecule has 208 valence electrons. The van der Waals surface area contributed by atoms with Crippen molar-refractivity contribution in [3.8, 4) is 0 Å². The second-order valence-corrected chi connectivity index (χ2v) is 12.7. The number of carboxylic acid groups (broad SMARTS) is 1. The molecule has 1 heterocycles. The fourth-order valence-electron chi connectivity index (χ4n) is 5.02. The number of nitrogens with zero attached hydrogens (tertiary/aromatic N) is 1. The van der Waals surface area contributed by atoms with E-state index in [4.69, 9.17) is 5.11 Å². The fourth-order valence-corrected chi connectivity index (χ4v) is 6.04. The van der Waals surface area contributed by atoms with Gasteiger partial charge in [0, 0.05) is 29.8 Å². The molecule has 0 saturated heterocycles. The van der Waals surface area contributed by atoms with Gasteiger partial charge in [-0.15, -0.1) is 0 Å². The summed E-state index contributed by atoms with van der Waals surface area (Å²) in [5.74, 6) is -1.29. The number of para-hydroxylation sites is 1. The molecule has 38 heavy (non-hydrogen) atoms. The first-order valence-corrected chi connectivity index (χ1v) is 15.4. The predicted molar refractivity (Wildman–Crippen MR) is 146 cm³/mol. The topological polar surface area (TPSA) is 161 Å². The van der Waals surface area contributed by atoms with Gasteiger partial charge in [-0.3, -0.25) is 13.9 Å². The molecule has 2 aromatic rings. The van der Waals surface area contributed by atoms with E-state index in [2.05, 4.69) is 10.2 Å². The number of fused-ring (bicyclic) bond motifs is 1. The van der Waals surface area contributed by atoms with E-state index in [-0.39, 0.29) is 23.8 Å². The van der Waals surface area contributed by atoms with Gasteiger partial charge in [0.1, 0.15) is 0 Å². The van der Waals surface area contributed by atoms with Crippen LogP contribution in [0.15, 0.2) is 65.7 Å². The quantitative estimate of drug-likeness (QED) is 0.191. The summed E-state index contributed by atoms with van der Waals surface area (Å²) in [6.07, 6.45) is 6.13. The molecule has 0 fully saturated rings. The van der Waals surface area contributed by atoms with E-state index in [0.29, 0.717) is 37.8 Å². The molecule has 12 heteroatoms. The molecule has 2 atom stereocenters. The molecule has 2 aromatic carbocycles. The van der Waals surface area contributed by atoms with Crippen molar-refractivity contribution in [2.24, 2.45) is 0 Å². The van der Waals surface area contributed by atoms with E-state index >= 15 is 0 Å². The maximum absolute atomic E-state index is 11.9. The van der Waals surface area contributed by atoms with Crippen LogP contribution >= 0.6 is 0 Å². The molecule has 0 aliphatic carbocycles. The SMILES string of the molecule is CC1(CCCS(=O)(=O)O)c2cc(S(=O)(=O)O)ccc2N(CCCCCC(=O)O)C1/C=C/Nc1ccccc1. The van der Waals surface area contributed by atoms with Gasteiger partial charge in [-0.1, -0.05) is 31.5 Å². The lowest BCUT2D eigenvalue weighted by Gasteiger charge is -2.35. The van der Waals surface area contributed by atoms with Crippen molar-refractivity contribution < 1.29 is 35.8 Å². The van der Waals surface area contributed by atoms with E-state index in [0.717, 1.165) is 11.4 Å². The maximum Gasteiger partial charge on any atom is 0.303 e. The Morgan fingerprint density at radius 1 is 1.03 bits per heavy atom. The van der Waals surface area contributed by atoms with Gasteiger partial charge in [0.25, 0.3) is 20.2 Å². The molecule has 10 nitrogen and oxygen atoms in total. The van der Waals surface area contributed by atoms with E-state index in [1.165, 1.54) is 12.1 Å². The third kappa shape index (κ3) is 7.79.